The number of H-pyrrole nitrogens is 1. The minimum Gasteiger partial charge on any atom is -0.351 e. The highest BCUT2D eigenvalue weighted by atomic mass is 32.2. The van der Waals surface area contributed by atoms with Crippen molar-refractivity contribution in [3.8, 4) is 11.4 Å². The molecule has 9 nitrogen and oxygen atoms in total. The Balaban J connectivity index is 1.37. The molecule has 0 radical (unpaired) electrons. The molecule has 0 saturated carbocycles. The van der Waals surface area contributed by atoms with Crippen LogP contribution in [0.5, 0.6) is 0 Å². The summed E-state index contributed by atoms with van der Waals surface area (Å²) < 4.78 is 29.0. The molecule has 2 N–H and O–H groups in total. The van der Waals surface area contributed by atoms with Gasteiger partial charge in [-0.15, -0.1) is 9.50 Å². The zero-order valence-corrected chi connectivity index (χ0v) is 19.9. The molecule has 2 aromatic carbocycles. The Labute approximate surface area is 196 Å². The molecule has 1 amide bonds. The van der Waals surface area contributed by atoms with Crippen LogP contribution in [0.1, 0.15) is 30.6 Å². The third kappa shape index (κ3) is 5.09. The highest BCUT2D eigenvalue weighted by Crippen LogP contribution is 2.32. The van der Waals surface area contributed by atoms with Gasteiger partial charge in [0.25, 0.3) is 15.9 Å². The molecule has 0 unspecified atom stereocenters. The van der Waals surface area contributed by atoms with E-state index in [1.807, 2.05) is 42.2 Å². The van der Waals surface area contributed by atoms with Crippen LogP contribution in [0.25, 0.3) is 11.4 Å². The molecule has 0 spiro atoms. The largest absolute Gasteiger partial charge is 0.351 e. The van der Waals surface area contributed by atoms with E-state index in [0.29, 0.717) is 41.3 Å². The number of hydrogen-bond donors (Lipinski definition) is 2. The second kappa shape index (κ2) is 9.75. The van der Waals surface area contributed by atoms with Crippen LogP contribution < -0.4 is 10.2 Å². The van der Waals surface area contributed by atoms with Gasteiger partial charge in [-0.1, -0.05) is 49.0 Å². The van der Waals surface area contributed by atoms with Crippen molar-refractivity contribution >= 4 is 39.2 Å². The van der Waals surface area contributed by atoms with Gasteiger partial charge in [0.1, 0.15) is 10.7 Å². The summed E-state index contributed by atoms with van der Waals surface area (Å²) >= 11 is 1.41. The lowest BCUT2D eigenvalue weighted by atomic mass is 10.1. The monoisotopic (exact) mass is 484 g/mol. The number of nitrogens with zero attached hydrogens (tertiary/aromatic N) is 4. The van der Waals surface area contributed by atoms with E-state index in [0.717, 1.165) is 12.0 Å². The number of sulfonamides is 1. The maximum atomic E-state index is 12.6. The van der Waals surface area contributed by atoms with Crippen molar-refractivity contribution in [2.24, 2.45) is 4.40 Å². The SMILES string of the molecule is CCCN1C(C)=NS(=O)(=O)c2cc(C(=O)NCCSc3n[nH]c(-c4ccccc4)n3)ccc21. The number of amidine groups is 1. The lowest BCUT2D eigenvalue weighted by molar-refractivity contribution is 0.0956. The van der Waals surface area contributed by atoms with Crippen LogP contribution in [0.15, 0.2) is 63.0 Å². The van der Waals surface area contributed by atoms with Crippen LogP contribution in [0, 0.1) is 0 Å². The molecule has 0 aliphatic carbocycles. The number of carbonyl (C=O) groups is 1. The van der Waals surface area contributed by atoms with E-state index in [1.165, 1.54) is 17.8 Å². The fourth-order valence-corrected chi connectivity index (χ4v) is 5.40. The van der Waals surface area contributed by atoms with Crippen LogP contribution >= 0.6 is 11.8 Å². The summed E-state index contributed by atoms with van der Waals surface area (Å²) in [7, 11) is -3.84. The molecule has 0 fully saturated rings. The molecule has 1 aliphatic rings. The number of carbonyl (C=O) groups excluding carboxylic acids is 1. The van der Waals surface area contributed by atoms with Gasteiger partial charge in [0.15, 0.2) is 5.82 Å². The number of hydrogen-bond acceptors (Lipinski definition) is 7. The Bertz CT molecular complexity index is 1290. The fraction of sp³-hybridized carbons (Fsp3) is 0.273. The summed E-state index contributed by atoms with van der Waals surface area (Å²) in [6.45, 7) is 4.71. The summed E-state index contributed by atoms with van der Waals surface area (Å²) in [4.78, 5) is 19.0. The number of amides is 1. The normalized spacial score (nSPS) is 14.5. The van der Waals surface area contributed by atoms with Crippen molar-refractivity contribution in [2.45, 2.75) is 30.3 Å². The predicted octanol–water partition coefficient (Wildman–Crippen LogP) is 3.33. The topological polar surface area (TPSA) is 120 Å². The molecule has 3 aromatic rings. The lowest BCUT2D eigenvalue weighted by Gasteiger charge is -2.29. The Kier molecular flexibility index (Phi) is 6.80. The molecular weight excluding hydrogens is 460 g/mol. The van der Waals surface area contributed by atoms with Gasteiger partial charge < -0.3 is 10.2 Å². The van der Waals surface area contributed by atoms with E-state index >= 15 is 0 Å². The number of thioether (sulfide) groups is 1. The molecule has 0 saturated heterocycles. The van der Waals surface area contributed by atoms with E-state index in [9.17, 15) is 13.2 Å². The third-order valence-electron chi connectivity index (χ3n) is 5.01. The number of fused-ring (bicyclic) bond motifs is 1. The average molecular weight is 485 g/mol. The van der Waals surface area contributed by atoms with Crippen LogP contribution in [0.4, 0.5) is 5.69 Å². The van der Waals surface area contributed by atoms with Crippen molar-refractivity contribution in [3.63, 3.8) is 0 Å². The summed E-state index contributed by atoms with van der Waals surface area (Å²) in [5.41, 5.74) is 1.78. The molecule has 33 heavy (non-hydrogen) atoms. The van der Waals surface area contributed by atoms with Crippen LogP contribution in [-0.4, -0.2) is 54.2 Å². The Morgan fingerprint density at radius 3 is 2.73 bits per heavy atom. The van der Waals surface area contributed by atoms with Crippen molar-refractivity contribution in [1.29, 1.82) is 0 Å². The number of anilines is 1. The van der Waals surface area contributed by atoms with Gasteiger partial charge in [-0.2, -0.15) is 8.42 Å². The average Bonchev–Trinajstić information content (AvgIpc) is 3.28. The highest BCUT2D eigenvalue weighted by molar-refractivity contribution is 7.99. The minimum absolute atomic E-state index is 0.0535. The maximum absolute atomic E-state index is 12.6. The van der Waals surface area contributed by atoms with Crippen LogP contribution in [0.2, 0.25) is 0 Å². The lowest BCUT2D eigenvalue weighted by Crippen LogP contribution is -2.35. The van der Waals surface area contributed by atoms with Crippen LogP contribution in [-0.2, 0) is 10.0 Å². The first kappa shape index (κ1) is 23.0. The number of nitrogens with one attached hydrogen (secondary N) is 2. The Hall–Kier alpha value is -3.18. The number of aromatic nitrogens is 3. The highest BCUT2D eigenvalue weighted by Gasteiger charge is 2.29. The Morgan fingerprint density at radius 1 is 1.18 bits per heavy atom. The van der Waals surface area contributed by atoms with Gasteiger partial charge in [0.05, 0.1) is 5.69 Å². The molecule has 0 bridgehead atoms. The van der Waals surface area contributed by atoms with Crippen molar-refractivity contribution in [1.82, 2.24) is 20.5 Å². The molecule has 11 heteroatoms. The summed E-state index contributed by atoms with van der Waals surface area (Å²) in [6, 6.07) is 14.4. The van der Waals surface area contributed by atoms with Gasteiger partial charge in [-0.05, 0) is 31.5 Å². The quantitative estimate of drug-likeness (QED) is 0.372. The van der Waals surface area contributed by atoms with E-state index in [2.05, 4.69) is 24.9 Å². The van der Waals surface area contributed by atoms with Gasteiger partial charge in [-0.25, -0.2) is 4.98 Å². The maximum Gasteiger partial charge on any atom is 0.286 e. The summed E-state index contributed by atoms with van der Waals surface area (Å²) in [5.74, 6) is 1.34. The molecule has 0 atom stereocenters. The molecule has 172 valence electrons. The van der Waals surface area contributed by atoms with Crippen molar-refractivity contribution in [2.75, 3.05) is 23.7 Å². The summed E-state index contributed by atoms with van der Waals surface area (Å²) in [6.07, 6.45) is 0.837. The molecule has 1 aromatic heterocycles. The van der Waals surface area contributed by atoms with E-state index in [-0.39, 0.29) is 16.4 Å². The number of rotatable bonds is 8. The second-order valence-corrected chi connectivity index (χ2v) is 10.0. The fourth-order valence-electron chi connectivity index (χ4n) is 3.48. The van der Waals surface area contributed by atoms with Crippen LogP contribution in [0.3, 0.4) is 0 Å². The number of benzene rings is 2. The zero-order chi connectivity index (χ0) is 23.4. The van der Waals surface area contributed by atoms with E-state index < -0.39 is 10.0 Å². The first-order valence-corrected chi connectivity index (χ1v) is 12.9. The van der Waals surface area contributed by atoms with E-state index in [4.69, 9.17) is 0 Å². The predicted molar refractivity (Wildman–Crippen MR) is 129 cm³/mol. The smallest absolute Gasteiger partial charge is 0.286 e. The van der Waals surface area contributed by atoms with Gasteiger partial charge in [-0.3, -0.25) is 9.89 Å². The first-order valence-electron chi connectivity index (χ1n) is 10.5. The van der Waals surface area contributed by atoms with Gasteiger partial charge >= 0.3 is 0 Å². The standard InChI is InChI=1S/C22H24N6O3S2/c1-3-12-28-15(2)27-33(30,31)19-14-17(9-10-18(19)28)21(29)23-11-13-32-22-24-20(25-26-22)16-7-5-4-6-8-16/h4-10,14H,3,11-13H2,1-2H3,(H,23,29)(H,24,25,26). The third-order valence-corrected chi connectivity index (χ3v) is 7.25. The Morgan fingerprint density at radius 2 is 1.97 bits per heavy atom. The summed E-state index contributed by atoms with van der Waals surface area (Å²) in [5, 5.41) is 10.5. The molecule has 1 aliphatic heterocycles. The number of aromatic amines is 1. The van der Waals surface area contributed by atoms with Crippen molar-refractivity contribution in [3.05, 3.63) is 54.1 Å². The first-order chi connectivity index (χ1) is 15.9. The minimum atomic E-state index is -3.84. The van der Waals surface area contributed by atoms with Crippen molar-refractivity contribution < 1.29 is 13.2 Å². The van der Waals surface area contributed by atoms with Gasteiger partial charge in [0, 0.05) is 30.0 Å². The second-order valence-electron chi connectivity index (χ2n) is 7.38. The zero-order valence-electron chi connectivity index (χ0n) is 18.3. The molecular formula is C22H24N6O3S2. The van der Waals surface area contributed by atoms with E-state index in [1.54, 1.807) is 19.1 Å². The van der Waals surface area contributed by atoms with Gasteiger partial charge in [0.2, 0.25) is 5.16 Å². The molecule has 2 heterocycles. The molecule has 4 rings (SSSR count).